The van der Waals surface area contributed by atoms with Crippen LogP contribution in [0, 0.1) is 23.2 Å². The largest absolute Gasteiger partial charge is 0.465 e. The molecule has 0 aliphatic carbocycles. The lowest BCUT2D eigenvalue weighted by Crippen LogP contribution is -2.38. The normalized spacial score (nSPS) is 17.3. The Morgan fingerprint density at radius 1 is 1.50 bits per heavy atom. The molecule has 1 aromatic rings. The molecule has 1 unspecified atom stereocenters. The molecule has 0 saturated carbocycles. The molecule has 0 spiro atoms. The third-order valence-electron chi connectivity index (χ3n) is 3.53. The molecule has 2 rings (SSSR count). The van der Waals surface area contributed by atoms with E-state index in [0.717, 1.165) is 25.9 Å². The maximum Gasteiger partial charge on any atom is 0.323 e. The van der Waals surface area contributed by atoms with Gasteiger partial charge in [-0.15, -0.1) is 0 Å². The molecule has 0 N–H and O–H groups in total. The monoisotopic (exact) mass is 274 g/mol. The number of hydrogen-bond acceptors (Lipinski definition) is 6. The average Bonchev–Trinajstić information content (AvgIpc) is 2.50. The zero-order chi connectivity index (χ0) is 14.4. The summed E-state index contributed by atoms with van der Waals surface area (Å²) in [6.45, 7) is 3.58. The van der Waals surface area contributed by atoms with Gasteiger partial charge in [-0.1, -0.05) is 0 Å². The van der Waals surface area contributed by atoms with E-state index in [2.05, 4.69) is 20.9 Å². The van der Waals surface area contributed by atoms with E-state index in [0.29, 0.717) is 12.6 Å². The lowest BCUT2D eigenvalue weighted by atomic mass is 9.85. The van der Waals surface area contributed by atoms with Crippen LogP contribution < -0.4 is 4.90 Å². The molecule has 1 aliphatic heterocycles. The number of piperidine rings is 1. The van der Waals surface area contributed by atoms with E-state index in [1.807, 2.05) is 0 Å². The number of aromatic nitrogens is 2. The predicted octanol–water partition coefficient (Wildman–Crippen LogP) is 1.40. The van der Waals surface area contributed by atoms with Gasteiger partial charge >= 0.3 is 5.97 Å². The third-order valence-corrected chi connectivity index (χ3v) is 3.53. The highest BCUT2D eigenvalue weighted by atomic mass is 16.5. The number of hydrogen-bond donors (Lipinski definition) is 0. The van der Waals surface area contributed by atoms with Gasteiger partial charge in [0, 0.05) is 25.5 Å². The lowest BCUT2D eigenvalue weighted by Gasteiger charge is -2.33. The minimum Gasteiger partial charge on any atom is -0.465 e. The number of anilines is 1. The van der Waals surface area contributed by atoms with Crippen LogP contribution in [0.15, 0.2) is 18.5 Å². The Balaban J connectivity index is 1.94. The van der Waals surface area contributed by atoms with Crippen molar-refractivity contribution in [2.45, 2.75) is 19.8 Å². The molecular weight excluding hydrogens is 256 g/mol. The molecule has 20 heavy (non-hydrogen) atoms. The first-order valence-electron chi connectivity index (χ1n) is 6.84. The van der Waals surface area contributed by atoms with Gasteiger partial charge in [0.15, 0.2) is 0 Å². The molecule has 2 heterocycles. The minimum absolute atomic E-state index is 0.0546. The number of ether oxygens (including phenoxy) is 1. The summed E-state index contributed by atoms with van der Waals surface area (Å²) in [7, 11) is 0. The second-order valence-corrected chi connectivity index (χ2v) is 4.73. The number of carbonyl (C=O) groups excluding carboxylic acids is 1. The standard InChI is InChI=1S/C14H18N4O2/c1-2-20-13(19)12(10-15)11-4-8-18(9-5-11)14-16-6-3-7-17-14/h3,6-7,11-12H,2,4-5,8-9H2,1H3. The van der Waals surface area contributed by atoms with E-state index in [4.69, 9.17) is 10.00 Å². The van der Waals surface area contributed by atoms with Gasteiger partial charge < -0.3 is 9.64 Å². The predicted molar refractivity (Wildman–Crippen MR) is 72.7 cm³/mol. The summed E-state index contributed by atoms with van der Waals surface area (Å²) in [5.41, 5.74) is 0. The van der Waals surface area contributed by atoms with Gasteiger partial charge in [-0.2, -0.15) is 5.26 Å². The first-order chi connectivity index (χ1) is 9.76. The fraction of sp³-hybridized carbons (Fsp3) is 0.571. The van der Waals surface area contributed by atoms with E-state index < -0.39 is 11.9 Å². The van der Waals surface area contributed by atoms with Crippen LogP contribution in [0.3, 0.4) is 0 Å². The molecule has 1 fully saturated rings. The van der Waals surface area contributed by atoms with Crippen molar-refractivity contribution in [3.63, 3.8) is 0 Å². The fourth-order valence-corrected chi connectivity index (χ4v) is 2.47. The summed E-state index contributed by atoms with van der Waals surface area (Å²) < 4.78 is 4.96. The summed E-state index contributed by atoms with van der Waals surface area (Å²) in [6, 6.07) is 3.87. The Labute approximate surface area is 118 Å². The maximum absolute atomic E-state index is 11.7. The minimum atomic E-state index is -0.659. The molecular formula is C14H18N4O2. The van der Waals surface area contributed by atoms with Gasteiger partial charge in [-0.25, -0.2) is 9.97 Å². The summed E-state index contributed by atoms with van der Waals surface area (Å²) in [4.78, 5) is 22.3. The van der Waals surface area contributed by atoms with Crippen molar-refractivity contribution >= 4 is 11.9 Å². The molecule has 0 radical (unpaired) electrons. The van der Waals surface area contributed by atoms with Crippen LogP contribution in [0.25, 0.3) is 0 Å². The lowest BCUT2D eigenvalue weighted by molar-refractivity contribution is -0.147. The van der Waals surface area contributed by atoms with Crippen molar-refractivity contribution in [1.29, 1.82) is 5.26 Å². The summed E-state index contributed by atoms with van der Waals surface area (Å²) in [5.74, 6) is -0.298. The smallest absolute Gasteiger partial charge is 0.323 e. The number of esters is 1. The molecule has 1 atom stereocenters. The average molecular weight is 274 g/mol. The highest BCUT2D eigenvalue weighted by Gasteiger charge is 2.32. The van der Waals surface area contributed by atoms with E-state index in [1.54, 1.807) is 25.4 Å². The van der Waals surface area contributed by atoms with Crippen LogP contribution in [0.1, 0.15) is 19.8 Å². The van der Waals surface area contributed by atoms with Crippen LogP contribution in [-0.4, -0.2) is 35.6 Å². The second-order valence-electron chi connectivity index (χ2n) is 4.73. The van der Waals surface area contributed by atoms with Gasteiger partial charge in [0.05, 0.1) is 12.7 Å². The van der Waals surface area contributed by atoms with Gasteiger partial charge in [-0.3, -0.25) is 4.79 Å². The van der Waals surface area contributed by atoms with Crippen molar-refractivity contribution in [3.05, 3.63) is 18.5 Å². The maximum atomic E-state index is 11.7. The molecule has 1 saturated heterocycles. The fourth-order valence-electron chi connectivity index (χ4n) is 2.47. The zero-order valence-corrected chi connectivity index (χ0v) is 11.5. The van der Waals surface area contributed by atoms with Crippen molar-refractivity contribution < 1.29 is 9.53 Å². The molecule has 6 heteroatoms. The summed E-state index contributed by atoms with van der Waals surface area (Å²) in [6.07, 6.45) is 4.97. The van der Waals surface area contributed by atoms with Crippen molar-refractivity contribution in [3.8, 4) is 6.07 Å². The van der Waals surface area contributed by atoms with Crippen molar-refractivity contribution in [1.82, 2.24) is 9.97 Å². The molecule has 0 bridgehead atoms. The van der Waals surface area contributed by atoms with Gasteiger partial charge in [0.25, 0.3) is 0 Å². The highest BCUT2D eigenvalue weighted by Crippen LogP contribution is 2.27. The van der Waals surface area contributed by atoms with Gasteiger partial charge in [-0.05, 0) is 31.7 Å². The summed E-state index contributed by atoms with van der Waals surface area (Å²) in [5, 5.41) is 9.17. The van der Waals surface area contributed by atoms with E-state index in [9.17, 15) is 4.79 Å². The quantitative estimate of drug-likeness (QED) is 0.772. The van der Waals surface area contributed by atoms with Crippen LogP contribution in [-0.2, 0) is 9.53 Å². The number of rotatable bonds is 4. The van der Waals surface area contributed by atoms with E-state index >= 15 is 0 Å². The van der Waals surface area contributed by atoms with Crippen LogP contribution in [0.5, 0.6) is 0 Å². The Morgan fingerprint density at radius 3 is 2.70 bits per heavy atom. The first kappa shape index (κ1) is 14.3. The molecule has 1 aliphatic rings. The first-order valence-corrected chi connectivity index (χ1v) is 6.84. The van der Waals surface area contributed by atoms with Crippen LogP contribution in [0.4, 0.5) is 5.95 Å². The number of nitriles is 1. The molecule has 106 valence electrons. The van der Waals surface area contributed by atoms with Crippen LogP contribution in [0.2, 0.25) is 0 Å². The number of nitrogens with zero attached hydrogens (tertiary/aromatic N) is 4. The van der Waals surface area contributed by atoms with E-state index in [1.165, 1.54) is 0 Å². The van der Waals surface area contributed by atoms with Gasteiger partial charge in [0.2, 0.25) is 5.95 Å². The molecule has 0 aromatic carbocycles. The topological polar surface area (TPSA) is 79.1 Å². The van der Waals surface area contributed by atoms with Gasteiger partial charge in [0.1, 0.15) is 5.92 Å². The highest BCUT2D eigenvalue weighted by molar-refractivity contribution is 5.75. The Kier molecular flexibility index (Phi) is 4.88. The SMILES string of the molecule is CCOC(=O)C(C#N)C1CCN(c2ncccn2)CC1. The second kappa shape index (κ2) is 6.85. The third kappa shape index (κ3) is 3.23. The Bertz CT molecular complexity index is 478. The van der Waals surface area contributed by atoms with E-state index in [-0.39, 0.29) is 5.92 Å². The van der Waals surface area contributed by atoms with Crippen molar-refractivity contribution in [2.24, 2.45) is 11.8 Å². The zero-order valence-electron chi connectivity index (χ0n) is 11.5. The molecule has 1 aromatic heterocycles. The summed E-state index contributed by atoms with van der Waals surface area (Å²) >= 11 is 0. The molecule has 0 amide bonds. The van der Waals surface area contributed by atoms with Crippen molar-refractivity contribution in [2.75, 3.05) is 24.6 Å². The van der Waals surface area contributed by atoms with Crippen LogP contribution >= 0.6 is 0 Å². The Morgan fingerprint density at radius 2 is 2.15 bits per heavy atom. The number of carbonyl (C=O) groups is 1. The Hall–Kier alpha value is -2.16. The molecule has 6 nitrogen and oxygen atoms in total.